The Morgan fingerprint density at radius 2 is 1.75 bits per heavy atom. The Labute approximate surface area is 291 Å². The first-order valence-electron chi connectivity index (χ1n) is 15.9. The lowest BCUT2D eigenvalue weighted by atomic mass is 9.96. The number of carbonyl (C=O) groups excluding carboxylic acids is 2. The minimum absolute atomic E-state index is 0.00719. The van der Waals surface area contributed by atoms with Gasteiger partial charge >= 0.3 is 18.3 Å². The first-order valence-corrected chi connectivity index (χ1v) is 15.9. The molecule has 1 amide bonds. The number of nitrogens with one attached hydrogen (secondary N) is 1. The molecule has 11 nitrogen and oxygen atoms in total. The number of halogens is 6. The second kappa shape index (κ2) is 15.4. The summed E-state index contributed by atoms with van der Waals surface area (Å²) < 4.78 is 97.0. The lowest BCUT2D eigenvalue weighted by Gasteiger charge is -2.29. The molecule has 4 rings (SSSR count). The van der Waals surface area contributed by atoms with Gasteiger partial charge < -0.3 is 34.0 Å². The van der Waals surface area contributed by atoms with Gasteiger partial charge in [-0.2, -0.15) is 13.2 Å². The van der Waals surface area contributed by atoms with Crippen LogP contribution in [0.1, 0.15) is 51.2 Å². The zero-order chi connectivity index (χ0) is 37.7. The van der Waals surface area contributed by atoms with Gasteiger partial charge in [-0.05, 0) is 63.4 Å². The van der Waals surface area contributed by atoms with Crippen molar-refractivity contribution in [2.45, 2.75) is 70.3 Å². The predicted octanol–water partition coefficient (Wildman–Crippen LogP) is 7.23. The highest BCUT2D eigenvalue weighted by atomic mass is 19.4. The number of aromatic nitrogens is 2. The van der Waals surface area contributed by atoms with Gasteiger partial charge in [0.25, 0.3) is 11.8 Å². The molecule has 1 atom stereocenters. The van der Waals surface area contributed by atoms with Crippen molar-refractivity contribution in [2.24, 2.45) is 4.99 Å². The van der Waals surface area contributed by atoms with Crippen LogP contribution in [0, 0.1) is 5.82 Å². The summed E-state index contributed by atoms with van der Waals surface area (Å²) in [5.41, 5.74) is -2.31. The number of ether oxygens (including phenoxy) is 1. The topological polar surface area (TPSA) is 116 Å². The van der Waals surface area contributed by atoms with Crippen molar-refractivity contribution in [1.29, 1.82) is 0 Å². The molecule has 17 heteroatoms. The predicted molar refractivity (Wildman–Crippen MR) is 180 cm³/mol. The number of rotatable bonds is 13. The lowest BCUT2D eigenvalue weighted by Crippen LogP contribution is -2.42. The van der Waals surface area contributed by atoms with Gasteiger partial charge in [0, 0.05) is 57.1 Å². The van der Waals surface area contributed by atoms with Gasteiger partial charge in [-0.15, -0.1) is 5.10 Å². The SMILES string of the molecule is C=C(N=CN(C)c1ccc(CN(C)c2cc(-c3nnc(N4CCCC4)o3)c(F)cc2C(F)(F)CC(C=O)NC(=O)OC(C)(C)C)cc1)C(F)(F)F. The smallest absolute Gasteiger partial charge is 0.432 e. The third kappa shape index (κ3) is 10.2. The number of benzene rings is 2. The second-order valence-corrected chi connectivity index (χ2v) is 13.1. The van der Waals surface area contributed by atoms with E-state index in [9.17, 15) is 22.8 Å². The zero-order valence-electron chi connectivity index (χ0n) is 28.7. The molecule has 3 aromatic rings. The van der Waals surface area contributed by atoms with Gasteiger partial charge in [-0.1, -0.05) is 23.8 Å². The van der Waals surface area contributed by atoms with E-state index in [-0.39, 0.29) is 36.0 Å². The fourth-order valence-electron chi connectivity index (χ4n) is 5.16. The molecule has 0 aliphatic carbocycles. The molecule has 1 aliphatic heterocycles. The number of allylic oxidation sites excluding steroid dienone is 1. The number of hydrogen-bond acceptors (Lipinski definition) is 9. The Bertz CT molecular complexity index is 1730. The van der Waals surface area contributed by atoms with Crippen molar-refractivity contribution in [3.05, 3.63) is 65.6 Å². The van der Waals surface area contributed by atoms with Crippen molar-refractivity contribution in [1.82, 2.24) is 15.5 Å². The molecule has 2 heterocycles. The summed E-state index contributed by atoms with van der Waals surface area (Å²) >= 11 is 0. The van der Waals surface area contributed by atoms with Gasteiger partial charge in [0.05, 0.1) is 17.9 Å². The Morgan fingerprint density at radius 3 is 2.33 bits per heavy atom. The Hall–Kier alpha value is -5.09. The molecular formula is C34H39F6N7O4. The van der Waals surface area contributed by atoms with Crippen LogP contribution in [0.4, 0.5) is 48.5 Å². The fourth-order valence-corrected chi connectivity index (χ4v) is 5.16. The summed E-state index contributed by atoms with van der Waals surface area (Å²) in [4.78, 5) is 32.0. The summed E-state index contributed by atoms with van der Waals surface area (Å²) in [6.07, 6.45) is -4.04. The van der Waals surface area contributed by atoms with E-state index < -0.39 is 53.3 Å². The number of alkyl carbamates (subject to hydrolysis) is 1. The quantitative estimate of drug-likeness (QED) is 0.0844. The van der Waals surface area contributed by atoms with Crippen LogP contribution in [-0.2, 0) is 22.0 Å². The van der Waals surface area contributed by atoms with Gasteiger partial charge in [0.1, 0.15) is 23.4 Å². The zero-order valence-corrected chi connectivity index (χ0v) is 28.7. The molecule has 0 radical (unpaired) electrons. The molecule has 1 aliphatic rings. The molecule has 1 saturated heterocycles. The Morgan fingerprint density at radius 1 is 1.10 bits per heavy atom. The number of aliphatic imine (C=N–C) groups is 1. The maximum atomic E-state index is 16.1. The van der Waals surface area contributed by atoms with Crippen LogP contribution in [0.15, 0.2) is 58.1 Å². The van der Waals surface area contributed by atoms with Crippen LogP contribution in [0.25, 0.3) is 11.5 Å². The highest BCUT2D eigenvalue weighted by Crippen LogP contribution is 2.42. The number of aldehydes is 1. The van der Waals surface area contributed by atoms with Crippen LogP contribution in [0.2, 0.25) is 0 Å². The third-order valence-corrected chi connectivity index (χ3v) is 7.73. The first-order chi connectivity index (χ1) is 23.8. The standard InChI is InChI=1S/C34H39F6N7O4/c1-21(34(38,39)40)41-20-46(6)24-11-9-22(10-12-24)18-45(5)28-15-25(29-43-44-30(50-29)47-13-7-8-14-47)27(35)16-26(28)33(36,37)17-23(19-48)42-31(49)51-32(2,3)4/h9-12,15-16,19-20,23H,1,7-8,13-14,17-18H2,2-6H3,(H,42,49). The number of amides is 1. The molecule has 0 saturated carbocycles. The number of carbonyl (C=O) groups is 2. The second-order valence-electron chi connectivity index (χ2n) is 13.1. The van der Waals surface area contributed by atoms with Crippen molar-refractivity contribution in [3.63, 3.8) is 0 Å². The molecule has 1 aromatic heterocycles. The van der Waals surface area contributed by atoms with E-state index in [1.165, 1.54) is 23.9 Å². The Balaban J connectivity index is 1.65. The minimum atomic E-state index is -4.68. The minimum Gasteiger partial charge on any atom is -0.444 e. The average Bonchev–Trinajstić information content (AvgIpc) is 3.75. The van der Waals surface area contributed by atoms with Crippen LogP contribution in [0.3, 0.4) is 0 Å². The van der Waals surface area contributed by atoms with Crippen molar-refractivity contribution in [3.8, 4) is 11.5 Å². The molecule has 1 fully saturated rings. The maximum absolute atomic E-state index is 16.1. The van der Waals surface area contributed by atoms with Gasteiger partial charge in [-0.3, -0.25) is 0 Å². The van der Waals surface area contributed by atoms with Crippen LogP contribution in [0.5, 0.6) is 0 Å². The lowest BCUT2D eigenvalue weighted by molar-refractivity contribution is -0.112. The van der Waals surface area contributed by atoms with E-state index in [0.29, 0.717) is 30.4 Å². The largest absolute Gasteiger partial charge is 0.444 e. The number of alkyl halides is 5. The summed E-state index contributed by atoms with van der Waals surface area (Å²) in [7, 11) is 2.98. The molecule has 276 valence electrons. The first kappa shape index (κ1) is 38.7. The highest BCUT2D eigenvalue weighted by Gasteiger charge is 2.40. The van der Waals surface area contributed by atoms with Gasteiger partial charge in [0.15, 0.2) is 0 Å². The van der Waals surface area contributed by atoms with E-state index in [0.717, 1.165) is 25.2 Å². The van der Waals surface area contributed by atoms with Crippen LogP contribution in [-0.4, -0.2) is 73.9 Å². The number of nitrogens with zero attached hydrogens (tertiary/aromatic N) is 6. The van der Waals surface area contributed by atoms with E-state index in [1.807, 2.05) is 4.90 Å². The van der Waals surface area contributed by atoms with Crippen molar-refractivity contribution in [2.75, 3.05) is 41.9 Å². The summed E-state index contributed by atoms with van der Waals surface area (Å²) in [5, 5.41) is 10.1. The summed E-state index contributed by atoms with van der Waals surface area (Å²) in [5.74, 6) is -5.16. The number of anilines is 3. The third-order valence-electron chi connectivity index (χ3n) is 7.73. The van der Waals surface area contributed by atoms with Gasteiger partial charge in [0.2, 0.25) is 0 Å². The van der Waals surface area contributed by atoms with E-state index in [2.05, 4.69) is 27.1 Å². The Kier molecular flexibility index (Phi) is 11.7. The van der Waals surface area contributed by atoms with Crippen molar-refractivity contribution < 1.29 is 45.1 Å². The maximum Gasteiger partial charge on any atom is 0.432 e. The normalized spacial score (nSPS) is 14.5. The molecule has 51 heavy (non-hydrogen) atoms. The summed E-state index contributed by atoms with van der Waals surface area (Å²) in [6, 6.07) is 6.72. The highest BCUT2D eigenvalue weighted by molar-refractivity contribution is 5.79. The van der Waals surface area contributed by atoms with E-state index in [4.69, 9.17) is 9.15 Å². The molecule has 0 spiro atoms. The van der Waals surface area contributed by atoms with Crippen LogP contribution < -0.4 is 20.0 Å². The fraction of sp³-hybridized carbons (Fsp3) is 0.441. The van der Waals surface area contributed by atoms with E-state index in [1.54, 1.807) is 45.0 Å². The van der Waals surface area contributed by atoms with Crippen molar-refractivity contribution >= 4 is 36.1 Å². The molecular weight excluding hydrogens is 684 g/mol. The molecule has 1 unspecified atom stereocenters. The molecule has 1 N–H and O–H groups in total. The van der Waals surface area contributed by atoms with E-state index >= 15 is 13.2 Å². The van der Waals surface area contributed by atoms with Gasteiger partial charge in [-0.25, -0.2) is 23.0 Å². The van der Waals surface area contributed by atoms with Crippen LogP contribution >= 0.6 is 0 Å². The molecule has 0 bridgehead atoms. The monoisotopic (exact) mass is 723 g/mol. The average molecular weight is 724 g/mol. The summed E-state index contributed by atoms with van der Waals surface area (Å²) in [6.45, 7) is 8.94. The number of hydrogen-bond donors (Lipinski definition) is 1. The molecule has 2 aromatic carbocycles.